The van der Waals surface area contributed by atoms with Gasteiger partial charge in [-0.15, -0.1) is 35.3 Å². The normalized spacial score (nSPS) is 12.0. The average molecular weight is 519 g/mol. The van der Waals surface area contributed by atoms with Crippen molar-refractivity contribution in [3.8, 4) is 5.88 Å². The van der Waals surface area contributed by atoms with Crippen LogP contribution in [0, 0.1) is 6.92 Å². The first-order chi connectivity index (χ1) is 13.0. The second kappa shape index (κ2) is 11.8. The number of esters is 1. The van der Waals surface area contributed by atoms with Crippen LogP contribution in [-0.4, -0.2) is 42.7 Å². The number of aromatic nitrogens is 2. The van der Waals surface area contributed by atoms with Crippen molar-refractivity contribution < 1.29 is 14.3 Å². The Hall–Kier alpha value is -1.95. The fourth-order valence-corrected chi connectivity index (χ4v) is 3.26. The molecule has 2 heterocycles. The van der Waals surface area contributed by atoms with Crippen molar-refractivity contribution >= 4 is 47.2 Å². The first-order valence-electron chi connectivity index (χ1n) is 8.60. The summed E-state index contributed by atoms with van der Waals surface area (Å²) >= 11 is 1.33. The number of nitrogens with zero attached hydrogens (tertiary/aromatic N) is 3. The van der Waals surface area contributed by atoms with E-state index in [9.17, 15) is 4.79 Å². The van der Waals surface area contributed by atoms with E-state index < -0.39 is 0 Å². The molecule has 0 aromatic carbocycles. The number of aliphatic imine (C=N–C) groups is 1. The highest BCUT2D eigenvalue weighted by Crippen LogP contribution is 2.24. The maximum absolute atomic E-state index is 12.0. The minimum absolute atomic E-state index is 0. The lowest BCUT2D eigenvalue weighted by Gasteiger charge is -2.16. The fourth-order valence-electron chi connectivity index (χ4n) is 2.29. The number of hydrogen-bond donors (Lipinski definition) is 2. The highest BCUT2D eigenvalue weighted by atomic mass is 127. The molecule has 0 aliphatic carbocycles. The van der Waals surface area contributed by atoms with E-state index in [0.29, 0.717) is 35.6 Å². The van der Waals surface area contributed by atoms with Crippen LogP contribution < -0.4 is 15.4 Å². The highest BCUT2D eigenvalue weighted by Gasteiger charge is 2.20. The van der Waals surface area contributed by atoms with E-state index in [1.54, 1.807) is 34.1 Å². The van der Waals surface area contributed by atoms with Crippen LogP contribution in [0.5, 0.6) is 5.88 Å². The Balaban J connectivity index is 0.00000392. The molecule has 0 aliphatic rings. The van der Waals surface area contributed by atoms with Crippen LogP contribution in [0.3, 0.4) is 0 Å². The Bertz CT molecular complexity index is 812. The number of nitrogens with one attached hydrogen (secondary N) is 2. The zero-order valence-corrected chi connectivity index (χ0v) is 19.8. The van der Waals surface area contributed by atoms with Gasteiger partial charge in [-0.1, -0.05) is 6.07 Å². The maximum Gasteiger partial charge on any atom is 0.350 e. The Morgan fingerprint density at radius 1 is 1.36 bits per heavy atom. The number of aryl methyl sites for hydroxylation is 1. The molecule has 0 bridgehead atoms. The predicted octanol–water partition coefficient (Wildman–Crippen LogP) is 3.08. The molecule has 0 radical (unpaired) electrons. The largest absolute Gasteiger partial charge is 0.481 e. The molecule has 1 unspecified atom stereocenters. The van der Waals surface area contributed by atoms with E-state index in [1.807, 2.05) is 19.1 Å². The van der Waals surface area contributed by atoms with Crippen LogP contribution in [0.15, 0.2) is 23.2 Å². The molecule has 0 aliphatic heterocycles. The summed E-state index contributed by atoms with van der Waals surface area (Å²) in [6.07, 6.45) is 0. The molecule has 0 amide bonds. The average Bonchev–Trinajstić information content (AvgIpc) is 3.07. The molecule has 0 spiro atoms. The topological polar surface area (TPSA) is 97.7 Å². The summed E-state index contributed by atoms with van der Waals surface area (Å²) in [6.45, 7) is 6.39. The number of pyridine rings is 1. The van der Waals surface area contributed by atoms with E-state index in [1.165, 1.54) is 11.3 Å². The van der Waals surface area contributed by atoms with Crippen LogP contribution in [0.4, 0.5) is 0 Å². The Kier molecular flexibility index (Phi) is 10.1. The summed E-state index contributed by atoms with van der Waals surface area (Å²) < 4.78 is 10.2. The molecule has 10 heteroatoms. The molecule has 2 aromatic rings. The third-order valence-corrected chi connectivity index (χ3v) is 4.97. The number of carbonyl (C=O) groups is 1. The lowest BCUT2D eigenvalue weighted by molar-refractivity contribution is 0.0531. The molecule has 0 saturated carbocycles. The standard InChI is InChI=1S/C18H25N5O3S.HI/c1-6-26-17(24)15-11(2)21-16(27-15)12(3)22-18(19-4)20-10-13-8-7-9-14(23-13)25-5;/h7-9,12H,6,10H2,1-5H3,(H2,19,20,22);1H. The number of rotatable bonds is 7. The quantitative estimate of drug-likeness (QED) is 0.251. The summed E-state index contributed by atoms with van der Waals surface area (Å²) in [5.41, 5.74) is 1.50. The van der Waals surface area contributed by atoms with Gasteiger partial charge in [-0.05, 0) is 26.8 Å². The smallest absolute Gasteiger partial charge is 0.350 e. The summed E-state index contributed by atoms with van der Waals surface area (Å²) in [5, 5.41) is 7.27. The second-order valence-corrected chi connectivity index (χ2v) is 6.68. The molecule has 8 nitrogen and oxygen atoms in total. The zero-order valence-electron chi connectivity index (χ0n) is 16.6. The van der Waals surface area contributed by atoms with E-state index in [-0.39, 0.29) is 36.0 Å². The number of ether oxygens (including phenoxy) is 2. The van der Waals surface area contributed by atoms with Gasteiger partial charge in [-0.3, -0.25) is 4.99 Å². The third kappa shape index (κ3) is 6.59. The summed E-state index contributed by atoms with van der Waals surface area (Å²) in [7, 11) is 3.28. The Labute approximate surface area is 186 Å². The van der Waals surface area contributed by atoms with E-state index in [2.05, 4.69) is 25.6 Å². The maximum atomic E-state index is 12.0. The van der Waals surface area contributed by atoms with Crippen LogP contribution in [0.1, 0.15) is 46.0 Å². The minimum Gasteiger partial charge on any atom is -0.481 e. The Morgan fingerprint density at radius 3 is 2.75 bits per heavy atom. The first-order valence-corrected chi connectivity index (χ1v) is 9.41. The first kappa shape index (κ1) is 24.1. The zero-order chi connectivity index (χ0) is 19.8. The van der Waals surface area contributed by atoms with Gasteiger partial charge in [-0.2, -0.15) is 0 Å². The number of guanidine groups is 1. The molecule has 2 rings (SSSR count). The van der Waals surface area contributed by atoms with Gasteiger partial charge in [-0.25, -0.2) is 14.8 Å². The van der Waals surface area contributed by atoms with Crippen molar-refractivity contribution in [3.63, 3.8) is 0 Å². The molecule has 1 atom stereocenters. The van der Waals surface area contributed by atoms with Crippen molar-refractivity contribution in [2.75, 3.05) is 20.8 Å². The van der Waals surface area contributed by atoms with Gasteiger partial charge < -0.3 is 20.1 Å². The van der Waals surface area contributed by atoms with Gasteiger partial charge >= 0.3 is 5.97 Å². The van der Waals surface area contributed by atoms with E-state index in [0.717, 1.165) is 10.7 Å². The molecule has 0 fully saturated rings. The summed E-state index contributed by atoms with van der Waals surface area (Å²) in [6, 6.07) is 5.46. The number of hydrogen-bond acceptors (Lipinski definition) is 7. The third-order valence-electron chi connectivity index (χ3n) is 3.65. The van der Waals surface area contributed by atoms with Gasteiger partial charge in [0.2, 0.25) is 5.88 Å². The number of thiazole rings is 1. The predicted molar refractivity (Wildman–Crippen MR) is 121 cm³/mol. The molecule has 2 N–H and O–H groups in total. The number of halogens is 1. The lowest BCUT2D eigenvalue weighted by Crippen LogP contribution is -2.38. The fraction of sp³-hybridized carbons (Fsp3) is 0.444. The summed E-state index contributed by atoms with van der Waals surface area (Å²) in [4.78, 5) is 25.6. The van der Waals surface area contributed by atoms with Crippen molar-refractivity contribution in [2.45, 2.75) is 33.4 Å². The molecule has 2 aromatic heterocycles. The van der Waals surface area contributed by atoms with Crippen LogP contribution >= 0.6 is 35.3 Å². The van der Waals surface area contributed by atoms with Crippen LogP contribution in [-0.2, 0) is 11.3 Å². The SMILES string of the molecule is CCOC(=O)c1sc(C(C)NC(=NC)NCc2cccc(OC)n2)nc1C.I. The minimum atomic E-state index is -0.336. The number of carbonyl (C=O) groups excluding carboxylic acids is 1. The van der Waals surface area contributed by atoms with Crippen LogP contribution in [0.25, 0.3) is 0 Å². The Morgan fingerprint density at radius 2 is 2.11 bits per heavy atom. The molecule has 154 valence electrons. The summed E-state index contributed by atoms with van der Waals surface area (Å²) in [5.74, 6) is 0.839. The van der Waals surface area contributed by atoms with Gasteiger partial charge in [0.05, 0.1) is 37.7 Å². The van der Waals surface area contributed by atoms with Crippen LogP contribution in [0.2, 0.25) is 0 Å². The van der Waals surface area contributed by atoms with E-state index in [4.69, 9.17) is 9.47 Å². The molecule has 0 saturated heterocycles. The van der Waals surface area contributed by atoms with Crippen molar-refractivity contribution in [3.05, 3.63) is 39.5 Å². The van der Waals surface area contributed by atoms with Gasteiger partial charge in [0.1, 0.15) is 9.88 Å². The second-order valence-electron chi connectivity index (χ2n) is 5.65. The van der Waals surface area contributed by atoms with Gasteiger partial charge in [0.25, 0.3) is 0 Å². The van der Waals surface area contributed by atoms with Gasteiger partial charge in [0.15, 0.2) is 5.96 Å². The van der Waals surface area contributed by atoms with Gasteiger partial charge in [0, 0.05) is 13.1 Å². The number of methoxy groups -OCH3 is 1. The highest BCUT2D eigenvalue weighted by molar-refractivity contribution is 14.0. The molecular formula is C18H26IN5O3S. The lowest BCUT2D eigenvalue weighted by atomic mass is 10.3. The van der Waals surface area contributed by atoms with Crippen molar-refractivity contribution in [2.24, 2.45) is 4.99 Å². The van der Waals surface area contributed by atoms with Crippen molar-refractivity contribution in [1.82, 2.24) is 20.6 Å². The van der Waals surface area contributed by atoms with Crippen molar-refractivity contribution in [1.29, 1.82) is 0 Å². The molecule has 28 heavy (non-hydrogen) atoms. The molecular weight excluding hydrogens is 493 g/mol. The van der Waals surface area contributed by atoms with E-state index >= 15 is 0 Å². The monoisotopic (exact) mass is 519 g/mol.